The standard InChI is InChI=1S/C20H16ClF3NO3PS/c1-29(27,28)18(16-11-30-17-6-5-14(21)10-15(16)17)19(26)25-8-7-12-3-2-4-13(9-12)20(22,23)24/h2-11,18H,1H3,(H,25,26)(H,27,28)/b8-7+. The molecule has 0 radical (unpaired) electrons. The number of hydrogen-bond donors (Lipinski definition) is 2. The lowest BCUT2D eigenvalue weighted by molar-refractivity contribution is -0.137. The number of hydrogen-bond acceptors (Lipinski definition) is 3. The maximum absolute atomic E-state index is 12.8. The number of fused-ring (bicyclic) bond motifs is 1. The highest BCUT2D eigenvalue weighted by atomic mass is 35.5. The monoisotopic (exact) mass is 473 g/mol. The van der Waals surface area contributed by atoms with Crippen molar-refractivity contribution in [1.82, 2.24) is 5.32 Å². The van der Waals surface area contributed by atoms with Crippen molar-refractivity contribution >= 4 is 52.4 Å². The molecule has 10 heteroatoms. The van der Waals surface area contributed by atoms with Crippen LogP contribution in [0.15, 0.2) is 54.0 Å². The quantitative estimate of drug-likeness (QED) is 0.427. The molecule has 2 N–H and O–H groups in total. The van der Waals surface area contributed by atoms with Gasteiger partial charge in [-0.15, -0.1) is 11.3 Å². The van der Waals surface area contributed by atoms with Crippen molar-refractivity contribution in [2.45, 2.75) is 11.8 Å². The van der Waals surface area contributed by atoms with Gasteiger partial charge in [0.1, 0.15) is 5.66 Å². The molecule has 3 rings (SSSR count). The molecule has 0 spiro atoms. The van der Waals surface area contributed by atoms with E-state index in [1.807, 2.05) is 0 Å². The molecule has 0 fully saturated rings. The lowest BCUT2D eigenvalue weighted by Gasteiger charge is -2.18. The summed E-state index contributed by atoms with van der Waals surface area (Å²) in [4.78, 5) is 22.9. The maximum Gasteiger partial charge on any atom is 0.416 e. The van der Waals surface area contributed by atoms with Crippen LogP contribution in [-0.4, -0.2) is 17.5 Å². The van der Waals surface area contributed by atoms with E-state index in [0.29, 0.717) is 16.0 Å². The Morgan fingerprint density at radius 1 is 1.27 bits per heavy atom. The van der Waals surface area contributed by atoms with Gasteiger partial charge in [-0.1, -0.05) is 23.7 Å². The molecule has 0 saturated carbocycles. The van der Waals surface area contributed by atoms with E-state index >= 15 is 0 Å². The number of carbonyl (C=O) groups is 1. The van der Waals surface area contributed by atoms with Gasteiger partial charge >= 0.3 is 6.18 Å². The summed E-state index contributed by atoms with van der Waals surface area (Å²) < 4.78 is 51.7. The van der Waals surface area contributed by atoms with Gasteiger partial charge in [0.25, 0.3) is 0 Å². The molecule has 1 amide bonds. The van der Waals surface area contributed by atoms with E-state index in [1.54, 1.807) is 23.6 Å². The zero-order valence-electron chi connectivity index (χ0n) is 15.5. The van der Waals surface area contributed by atoms with Gasteiger partial charge in [0.15, 0.2) is 0 Å². The second-order valence-corrected chi connectivity index (χ2v) is 10.4. The first-order chi connectivity index (χ1) is 14.0. The van der Waals surface area contributed by atoms with Crippen LogP contribution in [0.25, 0.3) is 16.2 Å². The third-order valence-electron chi connectivity index (χ3n) is 4.30. The zero-order valence-corrected chi connectivity index (χ0v) is 17.9. The van der Waals surface area contributed by atoms with Crippen LogP contribution in [0.1, 0.15) is 22.3 Å². The van der Waals surface area contributed by atoms with E-state index < -0.39 is 30.7 Å². The summed E-state index contributed by atoms with van der Waals surface area (Å²) in [7, 11) is -3.91. The number of halogens is 4. The van der Waals surface area contributed by atoms with Crippen LogP contribution in [0, 0.1) is 0 Å². The average molecular weight is 474 g/mol. The SMILES string of the molecule is CP(=O)(O)C(C(=O)N/C=C/c1cccc(C(F)(F)F)c1)c1csc2ccc(Cl)cc12. The number of nitrogens with one attached hydrogen (secondary N) is 1. The lowest BCUT2D eigenvalue weighted by Crippen LogP contribution is -2.25. The predicted molar refractivity (Wildman–Crippen MR) is 114 cm³/mol. The molecular weight excluding hydrogens is 458 g/mol. The summed E-state index contributed by atoms with van der Waals surface area (Å²) in [6, 6.07) is 9.64. The van der Waals surface area contributed by atoms with Crippen LogP contribution in [0.2, 0.25) is 5.02 Å². The van der Waals surface area contributed by atoms with Gasteiger partial charge in [-0.05, 0) is 58.3 Å². The molecule has 158 valence electrons. The Morgan fingerprint density at radius 2 is 2.00 bits per heavy atom. The fourth-order valence-corrected chi connectivity index (χ4v) is 5.45. The minimum Gasteiger partial charge on any atom is -0.344 e. The summed E-state index contributed by atoms with van der Waals surface area (Å²) >= 11 is 7.34. The molecule has 0 aliphatic carbocycles. The smallest absolute Gasteiger partial charge is 0.344 e. The van der Waals surface area contributed by atoms with Gasteiger partial charge in [0.2, 0.25) is 13.3 Å². The second kappa shape index (κ2) is 8.55. The van der Waals surface area contributed by atoms with Crippen LogP contribution in [-0.2, 0) is 15.5 Å². The van der Waals surface area contributed by atoms with Crippen LogP contribution in [0.4, 0.5) is 13.2 Å². The molecule has 2 aromatic carbocycles. The van der Waals surface area contributed by atoms with Gasteiger partial charge in [0.05, 0.1) is 5.56 Å². The number of amides is 1. The third kappa shape index (κ3) is 5.13. The van der Waals surface area contributed by atoms with E-state index in [2.05, 4.69) is 5.32 Å². The van der Waals surface area contributed by atoms with Crippen molar-refractivity contribution in [2.75, 3.05) is 6.66 Å². The summed E-state index contributed by atoms with van der Waals surface area (Å²) in [5, 5.41) is 5.06. The van der Waals surface area contributed by atoms with Crippen molar-refractivity contribution < 1.29 is 27.4 Å². The topological polar surface area (TPSA) is 66.4 Å². The first-order valence-electron chi connectivity index (χ1n) is 8.57. The van der Waals surface area contributed by atoms with Gasteiger partial charge in [-0.3, -0.25) is 9.36 Å². The van der Waals surface area contributed by atoms with Crippen LogP contribution < -0.4 is 5.32 Å². The highest BCUT2D eigenvalue weighted by Crippen LogP contribution is 2.54. The molecule has 0 bridgehead atoms. The molecule has 2 atom stereocenters. The Hall–Kier alpha value is -2.12. The molecule has 2 unspecified atom stereocenters. The van der Waals surface area contributed by atoms with E-state index in [9.17, 15) is 27.4 Å². The summed E-state index contributed by atoms with van der Waals surface area (Å²) in [5.41, 5.74) is -1.58. The van der Waals surface area contributed by atoms with Crippen LogP contribution >= 0.6 is 30.3 Å². The Morgan fingerprint density at radius 3 is 2.67 bits per heavy atom. The summed E-state index contributed by atoms with van der Waals surface area (Å²) in [5.74, 6) is -0.744. The van der Waals surface area contributed by atoms with Crippen molar-refractivity contribution in [2.24, 2.45) is 0 Å². The minimum atomic E-state index is -4.48. The van der Waals surface area contributed by atoms with E-state index in [0.717, 1.165) is 29.7 Å². The molecule has 1 heterocycles. The van der Waals surface area contributed by atoms with Crippen molar-refractivity contribution in [3.05, 3.63) is 75.8 Å². The first kappa shape index (κ1) is 22.6. The van der Waals surface area contributed by atoms with Crippen molar-refractivity contribution in [3.63, 3.8) is 0 Å². The number of benzene rings is 2. The molecule has 30 heavy (non-hydrogen) atoms. The second-order valence-electron chi connectivity index (χ2n) is 6.64. The van der Waals surface area contributed by atoms with Crippen molar-refractivity contribution in [3.8, 4) is 0 Å². The lowest BCUT2D eigenvalue weighted by atomic mass is 10.1. The molecule has 0 saturated heterocycles. The van der Waals surface area contributed by atoms with Gasteiger partial charge in [-0.2, -0.15) is 13.2 Å². The number of alkyl halides is 3. The fourth-order valence-electron chi connectivity index (χ4n) is 2.97. The van der Waals surface area contributed by atoms with Gasteiger partial charge in [-0.25, -0.2) is 0 Å². The Balaban J connectivity index is 1.86. The Kier molecular flexibility index (Phi) is 6.43. The number of carbonyl (C=O) groups excluding carboxylic acids is 1. The van der Waals surface area contributed by atoms with E-state index in [1.165, 1.54) is 29.5 Å². The first-order valence-corrected chi connectivity index (χ1v) is 12.0. The van der Waals surface area contributed by atoms with E-state index in [4.69, 9.17) is 11.6 Å². The molecular formula is C20H16ClF3NO3PS. The van der Waals surface area contributed by atoms with Crippen LogP contribution in [0.5, 0.6) is 0 Å². The zero-order chi connectivity index (χ0) is 22.1. The molecule has 3 aromatic rings. The number of rotatable bonds is 5. The summed E-state index contributed by atoms with van der Waals surface area (Å²) in [6.07, 6.45) is -2.04. The third-order valence-corrected chi connectivity index (χ3v) is 6.99. The van der Waals surface area contributed by atoms with E-state index in [-0.39, 0.29) is 5.56 Å². The molecule has 0 aliphatic heterocycles. The average Bonchev–Trinajstić information content (AvgIpc) is 3.03. The normalized spacial score (nSPS) is 15.3. The van der Waals surface area contributed by atoms with Gasteiger partial charge < -0.3 is 10.2 Å². The Bertz CT molecular complexity index is 1170. The maximum atomic E-state index is 12.8. The predicted octanol–water partition coefficient (Wildman–Crippen LogP) is 6.30. The molecule has 1 aromatic heterocycles. The molecule has 0 aliphatic rings. The Labute approximate surface area is 179 Å². The van der Waals surface area contributed by atoms with Gasteiger partial charge in [0, 0.05) is 22.6 Å². The summed E-state index contributed by atoms with van der Waals surface area (Å²) in [6.45, 7) is 1.09. The van der Waals surface area contributed by atoms with Crippen LogP contribution in [0.3, 0.4) is 0 Å². The highest BCUT2D eigenvalue weighted by Gasteiger charge is 2.36. The van der Waals surface area contributed by atoms with Crippen molar-refractivity contribution in [1.29, 1.82) is 0 Å². The number of thiophene rings is 1. The largest absolute Gasteiger partial charge is 0.416 e. The highest BCUT2D eigenvalue weighted by molar-refractivity contribution is 7.58. The fraction of sp³-hybridized carbons (Fsp3) is 0.150. The minimum absolute atomic E-state index is 0.220. The molecule has 4 nitrogen and oxygen atoms in total.